The monoisotopic (exact) mass is 165 g/mol. The van der Waals surface area contributed by atoms with E-state index in [4.69, 9.17) is 5.73 Å². The summed E-state index contributed by atoms with van der Waals surface area (Å²) >= 11 is 1.68. The summed E-state index contributed by atoms with van der Waals surface area (Å²) in [6, 6.07) is 2.03. The van der Waals surface area contributed by atoms with Crippen LogP contribution >= 0.6 is 11.3 Å². The first-order valence-corrected chi connectivity index (χ1v) is 4.59. The Morgan fingerprint density at radius 2 is 2.45 bits per heavy atom. The Bertz CT molecular complexity index is 240. The van der Waals surface area contributed by atoms with Gasteiger partial charge >= 0.3 is 0 Å². The highest BCUT2D eigenvalue weighted by Gasteiger charge is 1.82. The van der Waals surface area contributed by atoms with Crippen molar-refractivity contribution in [1.29, 1.82) is 0 Å². The van der Waals surface area contributed by atoms with E-state index in [-0.39, 0.29) is 0 Å². The van der Waals surface area contributed by atoms with Crippen LogP contribution in [0.2, 0.25) is 0 Å². The van der Waals surface area contributed by atoms with Crippen LogP contribution in [0.3, 0.4) is 0 Å². The molecule has 0 bridgehead atoms. The van der Waals surface area contributed by atoms with E-state index >= 15 is 0 Å². The lowest BCUT2D eigenvalue weighted by molar-refractivity contribution is 0.870. The van der Waals surface area contributed by atoms with Crippen molar-refractivity contribution in [1.82, 2.24) is 0 Å². The third-order valence-electron chi connectivity index (χ3n) is 1.26. The molecule has 0 aliphatic carbocycles. The standard InChI is InChI=1S/C9H11NS/c10-6-3-1-2-4-9-5-7-11-8-9/h5,7-8H,1,3,6,10H2. The molecule has 1 aromatic rings. The van der Waals surface area contributed by atoms with Gasteiger partial charge in [0.15, 0.2) is 0 Å². The maximum Gasteiger partial charge on any atom is 0.0352 e. The van der Waals surface area contributed by atoms with Gasteiger partial charge in [-0.25, -0.2) is 0 Å². The van der Waals surface area contributed by atoms with Crippen LogP contribution in [0.25, 0.3) is 0 Å². The minimum atomic E-state index is 0.734. The van der Waals surface area contributed by atoms with Crippen molar-refractivity contribution < 1.29 is 0 Å². The molecular formula is C9H11NS. The van der Waals surface area contributed by atoms with Gasteiger partial charge in [0, 0.05) is 17.4 Å². The van der Waals surface area contributed by atoms with Crippen LogP contribution < -0.4 is 5.73 Å². The molecule has 58 valence electrons. The lowest BCUT2D eigenvalue weighted by atomic mass is 10.3. The van der Waals surface area contributed by atoms with E-state index in [1.165, 1.54) is 0 Å². The summed E-state index contributed by atoms with van der Waals surface area (Å²) in [6.45, 7) is 0.734. The molecule has 1 aromatic heterocycles. The molecule has 1 nitrogen and oxygen atoms in total. The molecule has 0 saturated carbocycles. The molecule has 0 fully saturated rings. The lowest BCUT2D eigenvalue weighted by Crippen LogP contribution is -1.96. The third-order valence-corrected chi connectivity index (χ3v) is 1.94. The van der Waals surface area contributed by atoms with Crippen molar-refractivity contribution in [2.45, 2.75) is 12.8 Å². The summed E-state index contributed by atoms with van der Waals surface area (Å²) in [5.74, 6) is 6.13. The quantitative estimate of drug-likeness (QED) is 0.525. The van der Waals surface area contributed by atoms with Crippen molar-refractivity contribution in [3.05, 3.63) is 22.4 Å². The first-order valence-electron chi connectivity index (χ1n) is 3.64. The number of hydrogen-bond acceptors (Lipinski definition) is 2. The maximum absolute atomic E-state index is 5.32. The lowest BCUT2D eigenvalue weighted by Gasteiger charge is -1.83. The Morgan fingerprint density at radius 1 is 1.55 bits per heavy atom. The molecule has 0 aromatic carbocycles. The number of rotatable bonds is 2. The van der Waals surface area contributed by atoms with Gasteiger partial charge in [-0.3, -0.25) is 0 Å². The van der Waals surface area contributed by atoms with Crippen molar-refractivity contribution in [3.63, 3.8) is 0 Å². The van der Waals surface area contributed by atoms with E-state index in [1.54, 1.807) is 11.3 Å². The van der Waals surface area contributed by atoms with Crippen molar-refractivity contribution in [2.75, 3.05) is 6.54 Å². The van der Waals surface area contributed by atoms with Crippen molar-refractivity contribution >= 4 is 11.3 Å². The minimum Gasteiger partial charge on any atom is -0.330 e. The van der Waals surface area contributed by atoms with Gasteiger partial charge in [-0.05, 0) is 24.4 Å². The minimum absolute atomic E-state index is 0.734. The molecule has 0 amide bonds. The second-order valence-corrected chi connectivity index (χ2v) is 2.99. The van der Waals surface area contributed by atoms with Gasteiger partial charge in [-0.15, -0.1) is 0 Å². The van der Waals surface area contributed by atoms with Crippen LogP contribution in [-0.2, 0) is 0 Å². The van der Waals surface area contributed by atoms with Crippen LogP contribution in [-0.4, -0.2) is 6.54 Å². The van der Waals surface area contributed by atoms with E-state index in [2.05, 4.69) is 17.2 Å². The predicted molar refractivity (Wildman–Crippen MR) is 49.5 cm³/mol. The summed E-state index contributed by atoms with van der Waals surface area (Å²) < 4.78 is 0. The van der Waals surface area contributed by atoms with Crippen molar-refractivity contribution in [3.8, 4) is 11.8 Å². The summed E-state index contributed by atoms with van der Waals surface area (Å²) in [7, 11) is 0. The summed E-state index contributed by atoms with van der Waals surface area (Å²) in [5.41, 5.74) is 6.44. The number of nitrogens with two attached hydrogens (primary N) is 1. The fraction of sp³-hybridized carbons (Fsp3) is 0.333. The highest BCUT2D eigenvalue weighted by atomic mass is 32.1. The van der Waals surface area contributed by atoms with Crippen LogP contribution in [0.1, 0.15) is 18.4 Å². The summed E-state index contributed by atoms with van der Waals surface area (Å²) in [5, 5.41) is 4.09. The molecule has 0 unspecified atom stereocenters. The largest absolute Gasteiger partial charge is 0.330 e. The molecule has 2 N–H and O–H groups in total. The van der Waals surface area contributed by atoms with Crippen LogP contribution in [0.5, 0.6) is 0 Å². The highest BCUT2D eigenvalue weighted by molar-refractivity contribution is 7.08. The molecule has 1 rings (SSSR count). The molecular weight excluding hydrogens is 154 g/mol. The van der Waals surface area contributed by atoms with Gasteiger partial charge in [0.05, 0.1) is 0 Å². The molecule has 0 radical (unpaired) electrons. The Kier molecular flexibility index (Phi) is 3.74. The number of unbranched alkanes of at least 4 members (excludes halogenated alkanes) is 1. The first kappa shape index (κ1) is 8.32. The first-order chi connectivity index (χ1) is 5.43. The zero-order valence-electron chi connectivity index (χ0n) is 6.34. The van der Waals surface area contributed by atoms with Crippen LogP contribution in [0, 0.1) is 11.8 Å². The molecule has 0 aliphatic rings. The Balaban J connectivity index is 2.33. The van der Waals surface area contributed by atoms with Crippen LogP contribution in [0.15, 0.2) is 16.8 Å². The van der Waals surface area contributed by atoms with Crippen LogP contribution in [0.4, 0.5) is 0 Å². The molecule has 11 heavy (non-hydrogen) atoms. The molecule has 0 spiro atoms. The smallest absolute Gasteiger partial charge is 0.0352 e. The zero-order chi connectivity index (χ0) is 7.94. The number of thiophene rings is 1. The Morgan fingerprint density at radius 3 is 3.09 bits per heavy atom. The molecule has 1 heterocycles. The van der Waals surface area contributed by atoms with Gasteiger partial charge in [-0.2, -0.15) is 11.3 Å². The normalized spacial score (nSPS) is 8.82. The predicted octanol–water partition coefficient (Wildman–Crippen LogP) is 1.84. The second-order valence-electron chi connectivity index (χ2n) is 2.21. The summed E-state index contributed by atoms with van der Waals surface area (Å²) in [6.07, 6.45) is 1.91. The fourth-order valence-electron chi connectivity index (χ4n) is 0.691. The van der Waals surface area contributed by atoms with E-state index in [1.807, 2.05) is 11.4 Å². The van der Waals surface area contributed by atoms with E-state index in [9.17, 15) is 0 Å². The van der Waals surface area contributed by atoms with Gasteiger partial charge in [0.2, 0.25) is 0 Å². The average Bonchev–Trinajstić information content (AvgIpc) is 2.50. The highest BCUT2D eigenvalue weighted by Crippen LogP contribution is 2.03. The fourth-order valence-corrected chi connectivity index (χ4v) is 1.28. The van der Waals surface area contributed by atoms with Gasteiger partial charge in [0.1, 0.15) is 0 Å². The average molecular weight is 165 g/mol. The van der Waals surface area contributed by atoms with Crippen molar-refractivity contribution in [2.24, 2.45) is 5.73 Å². The Labute approximate surface area is 71.2 Å². The van der Waals surface area contributed by atoms with Gasteiger partial charge in [0.25, 0.3) is 0 Å². The SMILES string of the molecule is NCCCC#Cc1ccsc1. The van der Waals surface area contributed by atoms with E-state index in [0.717, 1.165) is 24.9 Å². The molecule has 0 saturated heterocycles. The Hall–Kier alpha value is -0.780. The van der Waals surface area contributed by atoms with Gasteiger partial charge in [-0.1, -0.05) is 11.8 Å². The van der Waals surface area contributed by atoms with Gasteiger partial charge < -0.3 is 5.73 Å². The zero-order valence-corrected chi connectivity index (χ0v) is 7.16. The maximum atomic E-state index is 5.32. The number of hydrogen-bond donors (Lipinski definition) is 1. The summed E-state index contributed by atoms with van der Waals surface area (Å²) in [4.78, 5) is 0. The molecule has 0 aliphatic heterocycles. The molecule has 2 heteroatoms. The van der Waals surface area contributed by atoms with E-state index in [0.29, 0.717) is 0 Å². The molecule has 0 atom stereocenters. The third kappa shape index (κ3) is 3.22. The van der Waals surface area contributed by atoms with E-state index < -0.39 is 0 Å². The second kappa shape index (κ2) is 4.95. The topological polar surface area (TPSA) is 26.0 Å².